The van der Waals surface area contributed by atoms with Crippen molar-refractivity contribution in [2.24, 2.45) is 0 Å². The van der Waals surface area contributed by atoms with Crippen LogP contribution in [0.4, 0.5) is 0 Å². The number of nitrogens with zero attached hydrogens (tertiary/aromatic N) is 1. The van der Waals surface area contributed by atoms with Crippen LogP contribution in [0.1, 0.15) is 12.0 Å². The average molecular weight is 296 g/mol. The number of amides is 1. The summed E-state index contributed by atoms with van der Waals surface area (Å²) in [5.41, 5.74) is 0.987. The van der Waals surface area contributed by atoms with Gasteiger partial charge in [0.2, 0.25) is 5.91 Å². The van der Waals surface area contributed by atoms with Crippen molar-refractivity contribution < 1.29 is 9.90 Å². The highest BCUT2D eigenvalue weighted by Crippen LogP contribution is 2.13. The van der Waals surface area contributed by atoms with Crippen LogP contribution in [0, 0.1) is 0 Å². The lowest BCUT2D eigenvalue weighted by Crippen LogP contribution is -2.27. The predicted molar refractivity (Wildman–Crippen MR) is 70.4 cm³/mol. The minimum atomic E-state index is -0.361. The highest BCUT2D eigenvalue weighted by atomic mass is 79.9. The quantitative estimate of drug-likeness (QED) is 0.849. The molecule has 0 saturated carbocycles. The van der Waals surface area contributed by atoms with Crippen molar-refractivity contribution in [3.05, 3.63) is 40.4 Å². The van der Waals surface area contributed by atoms with E-state index in [2.05, 4.69) is 15.9 Å². The molecule has 1 aliphatic heterocycles. The molecule has 90 valence electrons. The Labute approximate surface area is 109 Å². The molecule has 1 aromatic rings. The monoisotopic (exact) mass is 295 g/mol. The summed E-state index contributed by atoms with van der Waals surface area (Å²) in [6, 6.07) is 7.74. The van der Waals surface area contributed by atoms with Gasteiger partial charge in [0.25, 0.3) is 0 Å². The lowest BCUT2D eigenvalue weighted by molar-refractivity contribution is -0.125. The first kappa shape index (κ1) is 12.3. The molecule has 3 nitrogen and oxygen atoms in total. The summed E-state index contributed by atoms with van der Waals surface area (Å²) < 4.78 is 1.02. The van der Waals surface area contributed by atoms with Gasteiger partial charge in [-0.05, 0) is 30.2 Å². The molecule has 0 bridgehead atoms. The van der Waals surface area contributed by atoms with Crippen LogP contribution < -0.4 is 0 Å². The molecule has 4 heteroatoms. The van der Waals surface area contributed by atoms with Gasteiger partial charge in [-0.25, -0.2) is 0 Å². The van der Waals surface area contributed by atoms with Crippen LogP contribution >= 0.6 is 15.9 Å². The molecule has 0 aliphatic carbocycles. The first-order chi connectivity index (χ1) is 8.15. The molecule has 1 saturated heterocycles. The molecular formula is C13H14BrNO2. The van der Waals surface area contributed by atoms with Crippen molar-refractivity contribution in [2.75, 3.05) is 13.1 Å². The third kappa shape index (κ3) is 3.41. The Morgan fingerprint density at radius 3 is 2.71 bits per heavy atom. The van der Waals surface area contributed by atoms with Crippen LogP contribution in [0.5, 0.6) is 0 Å². The lowest BCUT2D eigenvalue weighted by atomic mass is 10.2. The van der Waals surface area contributed by atoms with Crippen molar-refractivity contribution in [1.29, 1.82) is 0 Å². The summed E-state index contributed by atoms with van der Waals surface area (Å²) in [7, 11) is 0. The maximum atomic E-state index is 11.7. The van der Waals surface area contributed by atoms with Gasteiger partial charge in [0.15, 0.2) is 0 Å². The minimum Gasteiger partial charge on any atom is -0.391 e. The van der Waals surface area contributed by atoms with Crippen LogP contribution in [0.2, 0.25) is 0 Å². The van der Waals surface area contributed by atoms with E-state index in [1.54, 1.807) is 17.1 Å². The average Bonchev–Trinajstić information content (AvgIpc) is 2.75. The van der Waals surface area contributed by atoms with Gasteiger partial charge < -0.3 is 10.0 Å². The Balaban J connectivity index is 1.96. The number of aliphatic hydroxyl groups is 1. The van der Waals surface area contributed by atoms with Gasteiger partial charge in [0, 0.05) is 23.6 Å². The van der Waals surface area contributed by atoms with Crippen LogP contribution in [-0.2, 0) is 4.79 Å². The second-order valence-corrected chi connectivity index (χ2v) is 5.03. The lowest BCUT2D eigenvalue weighted by Gasteiger charge is -2.12. The van der Waals surface area contributed by atoms with Crippen LogP contribution in [-0.4, -0.2) is 35.1 Å². The topological polar surface area (TPSA) is 40.5 Å². The molecule has 1 heterocycles. The Morgan fingerprint density at radius 1 is 1.41 bits per heavy atom. The molecule has 1 amide bonds. The van der Waals surface area contributed by atoms with Crippen molar-refractivity contribution in [3.63, 3.8) is 0 Å². The van der Waals surface area contributed by atoms with E-state index >= 15 is 0 Å². The largest absolute Gasteiger partial charge is 0.391 e. The minimum absolute atomic E-state index is 0.0375. The maximum Gasteiger partial charge on any atom is 0.246 e. The number of halogens is 1. The summed E-state index contributed by atoms with van der Waals surface area (Å²) >= 11 is 3.36. The first-order valence-electron chi connectivity index (χ1n) is 5.56. The zero-order valence-corrected chi connectivity index (χ0v) is 10.9. The maximum absolute atomic E-state index is 11.7. The summed E-state index contributed by atoms with van der Waals surface area (Å²) in [5, 5.41) is 9.34. The number of hydrogen-bond acceptors (Lipinski definition) is 2. The standard InChI is InChI=1S/C13H14BrNO2/c14-11-4-1-10(2-5-11)3-6-13(17)15-8-7-12(16)9-15/h1-6,12,16H,7-9H2. The number of aliphatic hydroxyl groups excluding tert-OH is 1. The van der Waals surface area contributed by atoms with Crippen molar-refractivity contribution in [1.82, 2.24) is 4.90 Å². The van der Waals surface area contributed by atoms with E-state index in [9.17, 15) is 9.90 Å². The second kappa shape index (κ2) is 5.47. The third-order valence-electron chi connectivity index (χ3n) is 2.76. The zero-order valence-electron chi connectivity index (χ0n) is 9.34. The summed E-state index contributed by atoms with van der Waals surface area (Å²) in [4.78, 5) is 13.4. The number of carbonyl (C=O) groups is 1. The van der Waals surface area contributed by atoms with E-state index in [0.717, 1.165) is 10.0 Å². The Hall–Kier alpha value is -1.13. The van der Waals surface area contributed by atoms with Gasteiger partial charge in [-0.3, -0.25) is 4.79 Å². The molecule has 0 radical (unpaired) electrons. The third-order valence-corrected chi connectivity index (χ3v) is 3.29. The van der Waals surface area contributed by atoms with E-state index in [-0.39, 0.29) is 12.0 Å². The van der Waals surface area contributed by atoms with Gasteiger partial charge in [0.1, 0.15) is 0 Å². The Kier molecular flexibility index (Phi) is 3.97. The fraction of sp³-hybridized carbons (Fsp3) is 0.308. The van der Waals surface area contributed by atoms with Crippen LogP contribution in [0.3, 0.4) is 0 Å². The number of benzene rings is 1. The molecule has 17 heavy (non-hydrogen) atoms. The van der Waals surface area contributed by atoms with Crippen LogP contribution in [0.15, 0.2) is 34.8 Å². The van der Waals surface area contributed by atoms with E-state index < -0.39 is 0 Å². The van der Waals surface area contributed by atoms with Gasteiger partial charge >= 0.3 is 0 Å². The van der Waals surface area contributed by atoms with Crippen molar-refractivity contribution in [3.8, 4) is 0 Å². The normalized spacial score (nSPS) is 20.1. The molecule has 1 N–H and O–H groups in total. The number of rotatable bonds is 2. The highest BCUT2D eigenvalue weighted by Gasteiger charge is 2.22. The molecule has 2 rings (SSSR count). The molecular weight excluding hydrogens is 282 g/mol. The Morgan fingerprint density at radius 2 is 2.12 bits per heavy atom. The molecule has 1 fully saturated rings. The summed E-state index contributed by atoms with van der Waals surface area (Å²) in [6.07, 6.45) is 3.67. The number of β-amino-alcohol motifs (C(OH)–C–C–N with tert-alkyl or cyclic N) is 1. The number of hydrogen-bond donors (Lipinski definition) is 1. The molecule has 0 aromatic heterocycles. The SMILES string of the molecule is O=C(C=Cc1ccc(Br)cc1)N1CCC(O)C1. The van der Waals surface area contributed by atoms with Gasteiger partial charge in [-0.1, -0.05) is 28.1 Å². The molecule has 1 aliphatic rings. The van der Waals surface area contributed by atoms with Gasteiger partial charge in [-0.2, -0.15) is 0 Å². The predicted octanol–water partition coefficient (Wildman–Crippen LogP) is 2.06. The summed E-state index contributed by atoms with van der Waals surface area (Å²) in [5.74, 6) is -0.0375. The number of carbonyl (C=O) groups excluding carboxylic acids is 1. The molecule has 1 unspecified atom stereocenters. The van der Waals surface area contributed by atoms with Crippen molar-refractivity contribution in [2.45, 2.75) is 12.5 Å². The highest BCUT2D eigenvalue weighted by molar-refractivity contribution is 9.10. The molecule has 1 atom stereocenters. The number of likely N-dealkylation sites (tertiary alicyclic amines) is 1. The second-order valence-electron chi connectivity index (χ2n) is 4.11. The van der Waals surface area contributed by atoms with Gasteiger partial charge in [-0.15, -0.1) is 0 Å². The fourth-order valence-electron chi connectivity index (χ4n) is 1.79. The fourth-order valence-corrected chi connectivity index (χ4v) is 2.05. The first-order valence-corrected chi connectivity index (χ1v) is 6.35. The molecule has 0 spiro atoms. The van der Waals surface area contributed by atoms with E-state index in [1.165, 1.54) is 0 Å². The van der Waals surface area contributed by atoms with Crippen molar-refractivity contribution >= 4 is 27.9 Å². The van der Waals surface area contributed by atoms with E-state index in [4.69, 9.17) is 0 Å². The molecule has 1 aromatic carbocycles. The van der Waals surface area contributed by atoms with E-state index in [1.807, 2.05) is 24.3 Å². The Bertz CT molecular complexity index is 428. The van der Waals surface area contributed by atoms with E-state index in [0.29, 0.717) is 19.5 Å². The van der Waals surface area contributed by atoms with Crippen LogP contribution in [0.25, 0.3) is 6.08 Å². The smallest absolute Gasteiger partial charge is 0.246 e. The zero-order chi connectivity index (χ0) is 12.3. The summed E-state index contributed by atoms with van der Waals surface area (Å²) in [6.45, 7) is 1.09. The van der Waals surface area contributed by atoms with Gasteiger partial charge in [0.05, 0.1) is 6.10 Å².